The minimum Gasteiger partial charge on any atom is -0.480 e. The predicted octanol–water partition coefficient (Wildman–Crippen LogP) is 3.55. The number of imide groups is 1. The maximum Gasteiger partial charge on any atom is 0.327 e. The first-order valence-corrected chi connectivity index (χ1v) is 23.1. The fourth-order valence-electron chi connectivity index (χ4n) is 7.04. The zero-order chi connectivity index (χ0) is 48.8. The van der Waals surface area contributed by atoms with E-state index in [0.29, 0.717) is 44.0 Å². The Morgan fingerprint density at radius 1 is 0.851 bits per heavy atom. The van der Waals surface area contributed by atoms with Gasteiger partial charge >= 0.3 is 5.97 Å². The molecule has 1 aliphatic heterocycles. The van der Waals surface area contributed by atoms with Crippen LogP contribution in [0, 0.1) is 17.0 Å². The number of nitrogens with two attached hydrogens (primary N) is 1. The number of benzene rings is 2. The number of aliphatic carboxylic acids is 1. The second-order valence-corrected chi connectivity index (χ2v) is 17.5. The summed E-state index contributed by atoms with van der Waals surface area (Å²) in [6, 6.07) is 12.9. The number of aromatic nitrogens is 1. The Morgan fingerprint density at radius 2 is 1.48 bits per heavy atom. The largest absolute Gasteiger partial charge is 0.480 e. The van der Waals surface area contributed by atoms with Crippen LogP contribution in [0.1, 0.15) is 50.9 Å². The van der Waals surface area contributed by atoms with E-state index in [-0.39, 0.29) is 88.7 Å². The third-order valence-corrected chi connectivity index (χ3v) is 11.2. The van der Waals surface area contributed by atoms with E-state index in [1.54, 1.807) is 17.2 Å². The highest BCUT2D eigenvalue weighted by Crippen LogP contribution is 2.41. The molecule has 5 N–H and O–H groups in total. The van der Waals surface area contributed by atoms with E-state index in [9.17, 15) is 38.3 Å². The third kappa shape index (κ3) is 18.2. The number of rotatable bonds is 31. The molecule has 2 aromatic carbocycles. The number of amides is 5. The first-order valence-electron chi connectivity index (χ1n) is 22.0. The Morgan fingerprint density at radius 3 is 2.09 bits per heavy atom. The van der Waals surface area contributed by atoms with Gasteiger partial charge < -0.3 is 49.9 Å². The molecule has 17 nitrogen and oxygen atoms in total. The first kappa shape index (κ1) is 54.1. The van der Waals surface area contributed by atoms with E-state index >= 15 is 4.39 Å². The summed E-state index contributed by atoms with van der Waals surface area (Å²) in [5.41, 5.74) is 7.58. The molecular weight excluding hydrogens is 895 g/mol. The van der Waals surface area contributed by atoms with Crippen LogP contribution in [-0.2, 0) is 54.3 Å². The van der Waals surface area contributed by atoms with Crippen molar-refractivity contribution in [2.75, 3.05) is 90.5 Å². The van der Waals surface area contributed by atoms with Crippen molar-refractivity contribution in [3.05, 3.63) is 95.8 Å². The SMILES string of the molecule is CC(C)(C)[C@H](c1cc(-c2cc(F)ccc2F)cn1Cc1ccccc1)N(CCCN)C(=O)CSCC(NC(=O)CCOCCOCCOCCOCCNC(=O)CN1C(=O)C=CC1=O)C(=O)O. The number of halogens is 2. The Bertz CT molecular complexity index is 2120. The number of hydrogen-bond acceptors (Lipinski definition) is 12. The molecule has 0 saturated heterocycles. The molecule has 4 rings (SSSR count). The Labute approximate surface area is 393 Å². The molecule has 366 valence electrons. The average molecular weight is 957 g/mol. The number of thioether (sulfide) groups is 1. The van der Waals surface area contributed by atoms with Crippen LogP contribution in [0.3, 0.4) is 0 Å². The molecule has 2 heterocycles. The monoisotopic (exact) mass is 956 g/mol. The summed E-state index contributed by atoms with van der Waals surface area (Å²) in [4.78, 5) is 76.5. The van der Waals surface area contributed by atoms with Gasteiger partial charge in [-0.2, -0.15) is 0 Å². The molecule has 1 aromatic heterocycles. The number of carbonyl (C=O) groups excluding carboxylic acids is 5. The van der Waals surface area contributed by atoms with Crippen molar-refractivity contribution in [2.45, 2.75) is 52.2 Å². The first-order chi connectivity index (χ1) is 32.1. The zero-order valence-electron chi connectivity index (χ0n) is 38.2. The van der Waals surface area contributed by atoms with E-state index in [0.717, 1.165) is 52.6 Å². The topological polar surface area (TPSA) is 221 Å². The van der Waals surface area contributed by atoms with Crippen LogP contribution >= 0.6 is 11.8 Å². The van der Waals surface area contributed by atoms with Crippen molar-refractivity contribution in [1.82, 2.24) is 25.0 Å². The van der Waals surface area contributed by atoms with Crippen LogP contribution in [0.2, 0.25) is 0 Å². The summed E-state index contributed by atoms with van der Waals surface area (Å²) >= 11 is 1.08. The van der Waals surface area contributed by atoms with Crippen LogP contribution in [0.5, 0.6) is 0 Å². The quantitative estimate of drug-likeness (QED) is 0.0537. The summed E-state index contributed by atoms with van der Waals surface area (Å²) < 4.78 is 53.2. The molecule has 0 spiro atoms. The normalized spacial score (nSPS) is 13.5. The Kier molecular flexibility index (Phi) is 22.6. The number of hydrogen-bond donors (Lipinski definition) is 4. The zero-order valence-corrected chi connectivity index (χ0v) is 39.0. The fraction of sp³-hybridized carbons (Fsp3) is 0.489. The number of ether oxygens (including phenoxy) is 4. The van der Waals surface area contributed by atoms with E-state index in [2.05, 4.69) is 10.6 Å². The number of nitrogens with one attached hydrogen (secondary N) is 2. The van der Waals surface area contributed by atoms with Gasteiger partial charge in [-0.15, -0.1) is 11.8 Å². The molecule has 3 aromatic rings. The molecule has 0 radical (unpaired) electrons. The van der Waals surface area contributed by atoms with Crippen molar-refractivity contribution in [1.29, 1.82) is 0 Å². The summed E-state index contributed by atoms with van der Waals surface area (Å²) in [7, 11) is 0. The predicted molar refractivity (Wildman–Crippen MR) is 247 cm³/mol. The van der Waals surface area contributed by atoms with Crippen LogP contribution in [0.4, 0.5) is 8.78 Å². The molecule has 0 saturated carbocycles. The molecule has 5 amide bonds. The van der Waals surface area contributed by atoms with Crippen molar-refractivity contribution in [3.8, 4) is 11.1 Å². The lowest BCUT2D eigenvalue weighted by Gasteiger charge is -2.41. The van der Waals surface area contributed by atoms with E-state index in [1.807, 2.05) is 55.7 Å². The molecule has 67 heavy (non-hydrogen) atoms. The van der Waals surface area contributed by atoms with Crippen molar-refractivity contribution in [2.24, 2.45) is 11.1 Å². The maximum absolute atomic E-state index is 15.1. The van der Waals surface area contributed by atoms with Gasteiger partial charge in [-0.05, 0) is 48.2 Å². The van der Waals surface area contributed by atoms with Gasteiger partial charge in [-0.1, -0.05) is 51.1 Å². The summed E-state index contributed by atoms with van der Waals surface area (Å²) in [5, 5.41) is 15.0. The molecule has 0 aliphatic carbocycles. The summed E-state index contributed by atoms with van der Waals surface area (Å²) in [5.74, 6) is -4.95. The number of nitrogens with zero attached hydrogens (tertiary/aromatic N) is 3. The van der Waals surface area contributed by atoms with Gasteiger partial charge in [0.05, 0.1) is 64.6 Å². The minimum atomic E-state index is -1.27. The summed E-state index contributed by atoms with van der Waals surface area (Å²) in [6.07, 6.45) is 4.36. The molecular formula is C47H62F2N6O11S. The second-order valence-electron chi connectivity index (χ2n) is 16.5. The highest BCUT2D eigenvalue weighted by atomic mass is 32.2. The highest BCUT2D eigenvalue weighted by molar-refractivity contribution is 8.00. The standard InChI is InChI=1S/C47H62F2N6O11S/c1-47(2,3)45(39-26-34(36-27-35(48)10-11-37(36)49)29-53(39)28-33-8-5-4-6-9-33)54(17-7-15-50)44(60)32-67-31-38(46(61)62)52-40(56)14-18-63-20-22-65-24-25-66-23-21-64-19-16-51-41(57)30-55-42(58)12-13-43(55)59/h4-6,8-13,26-27,29,38,45H,7,14-25,28,30-32,50H2,1-3H3,(H,51,57)(H,52,56)(H,61,62)/t38?,45-/m0/s1. The number of carboxylic acids is 1. The smallest absolute Gasteiger partial charge is 0.327 e. The van der Waals surface area contributed by atoms with E-state index in [4.69, 9.17) is 24.7 Å². The molecule has 20 heteroatoms. The lowest BCUT2D eigenvalue weighted by molar-refractivity contribution is -0.141. The van der Waals surface area contributed by atoms with E-state index < -0.39 is 58.7 Å². The van der Waals surface area contributed by atoms with Gasteiger partial charge in [0.1, 0.15) is 24.2 Å². The Hall–Kier alpha value is -5.51. The van der Waals surface area contributed by atoms with Gasteiger partial charge in [-0.3, -0.25) is 28.9 Å². The van der Waals surface area contributed by atoms with Crippen molar-refractivity contribution >= 4 is 47.3 Å². The fourth-order valence-corrected chi connectivity index (χ4v) is 7.96. The van der Waals surface area contributed by atoms with Gasteiger partial charge in [0.2, 0.25) is 17.7 Å². The second kappa shape index (κ2) is 28.0. The van der Waals surface area contributed by atoms with Crippen LogP contribution in [0.15, 0.2) is 72.9 Å². The number of carboxylic acid groups (broad SMARTS) is 1. The van der Waals surface area contributed by atoms with E-state index in [1.165, 1.54) is 0 Å². The Balaban J connectivity index is 1.18. The number of carbonyl (C=O) groups is 6. The molecule has 2 atom stereocenters. The van der Waals surface area contributed by atoms with Crippen molar-refractivity contribution < 1.29 is 61.6 Å². The van der Waals surface area contributed by atoms with Crippen LogP contribution in [-0.4, -0.2) is 152 Å². The molecule has 1 aliphatic rings. The van der Waals surface area contributed by atoms with Crippen LogP contribution in [0.25, 0.3) is 11.1 Å². The third-order valence-electron chi connectivity index (χ3n) is 10.2. The van der Waals surface area contributed by atoms with Gasteiger partial charge in [0.15, 0.2) is 0 Å². The maximum atomic E-state index is 15.1. The molecule has 0 fully saturated rings. The van der Waals surface area contributed by atoms with Gasteiger partial charge in [0, 0.05) is 67.0 Å². The van der Waals surface area contributed by atoms with Crippen molar-refractivity contribution in [3.63, 3.8) is 0 Å². The summed E-state index contributed by atoms with van der Waals surface area (Å²) in [6.45, 7) is 8.61. The van der Waals surface area contributed by atoms with Gasteiger partial charge in [-0.25, -0.2) is 13.6 Å². The minimum absolute atomic E-state index is 0.0248. The lowest BCUT2D eigenvalue weighted by Crippen LogP contribution is -2.45. The molecule has 1 unspecified atom stereocenters. The highest BCUT2D eigenvalue weighted by Gasteiger charge is 2.37. The lowest BCUT2D eigenvalue weighted by atomic mass is 9.83. The van der Waals surface area contributed by atoms with Gasteiger partial charge in [0.25, 0.3) is 11.8 Å². The molecule has 0 bridgehead atoms. The van der Waals surface area contributed by atoms with Crippen LogP contribution < -0.4 is 16.4 Å². The average Bonchev–Trinajstić information content (AvgIpc) is 3.83.